The molecule has 1 fully saturated rings. The molecule has 2 aromatic rings. The molecule has 0 amide bonds. The second-order valence-corrected chi connectivity index (χ2v) is 6.36. The van der Waals surface area contributed by atoms with Crippen molar-refractivity contribution in [1.29, 1.82) is 0 Å². The highest BCUT2D eigenvalue weighted by Crippen LogP contribution is 2.34. The Bertz CT molecular complexity index is 747. The van der Waals surface area contributed by atoms with Crippen LogP contribution in [0.2, 0.25) is 0 Å². The van der Waals surface area contributed by atoms with Crippen molar-refractivity contribution in [1.82, 2.24) is 9.97 Å². The molecule has 5 nitrogen and oxygen atoms in total. The number of nitrogen functional groups attached to an aromatic ring is 1. The molecule has 0 bridgehead atoms. The number of rotatable bonds is 3. The number of benzene rings is 1. The van der Waals surface area contributed by atoms with Crippen LogP contribution in [0.25, 0.3) is 0 Å². The van der Waals surface area contributed by atoms with E-state index < -0.39 is 11.7 Å². The molecule has 1 aromatic carbocycles. The zero-order valence-corrected chi connectivity index (χ0v) is 13.8. The Kier molecular flexibility index (Phi) is 4.69. The van der Waals surface area contributed by atoms with E-state index in [0.717, 1.165) is 38.1 Å². The van der Waals surface area contributed by atoms with Gasteiger partial charge in [-0.3, -0.25) is 0 Å². The van der Waals surface area contributed by atoms with Crippen molar-refractivity contribution in [2.24, 2.45) is 5.92 Å². The van der Waals surface area contributed by atoms with Crippen molar-refractivity contribution in [2.45, 2.75) is 25.9 Å². The first-order valence-electron chi connectivity index (χ1n) is 8.14. The maximum atomic E-state index is 12.8. The highest BCUT2D eigenvalue weighted by molar-refractivity contribution is 5.78. The fourth-order valence-electron chi connectivity index (χ4n) is 3.03. The van der Waals surface area contributed by atoms with Crippen molar-refractivity contribution in [2.75, 3.05) is 29.0 Å². The van der Waals surface area contributed by atoms with E-state index in [4.69, 9.17) is 5.73 Å². The predicted octanol–water partition coefficient (Wildman–Crippen LogP) is 4.06. The van der Waals surface area contributed by atoms with Crippen LogP contribution < -0.4 is 16.0 Å². The summed E-state index contributed by atoms with van der Waals surface area (Å²) in [5, 5.41) is 2.87. The monoisotopic (exact) mass is 351 g/mol. The van der Waals surface area contributed by atoms with Gasteiger partial charge in [0.1, 0.15) is 12.0 Å². The molecule has 134 valence electrons. The molecular weight excluding hydrogens is 331 g/mol. The van der Waals surface area contributed by atoms with E-state index in [9.17, 15) is 13.2 Å². The van der Waals surface area contributed by atoms with E-state index >= 15 is 0 Å². The zero-order valence-electron chi connectivity index (χ0n) is 13.8. The molecule has 8 heteroatoms. The lowest BCUT2D eigenvalue weighted by atomic mass is 10.0. The molecule has 0 spiro atoms. The summed E-state index contributed by atoms with van der Waals surface area (Å²) < 4.78 is 38.5. The van der Waals surface area contributed by atoms with Crippen LogP contribution in [0.4, 0.5) is 36.2 Å². The molecule has 0 saturated carbocycles. The topological polar surface area (TPSA) is 67.1 Å². The summed E-state index contributed by atoms with van der Waals surface area (Å²) in [4.78, 5) is 10.4. The third kappa shape index (κ3) is 3.94. The second-order valence-electron chi connectivity index (χ2n) is 6.36. The Morgan fingerprint density at radius 3 is 2.80 bits per heavy atom. The summed E-state index contributed by atoms with van der Waals surface area (Å²) in [5.74, 6) is 1.47. The predicted molar refractivity (Wildman–Crippen MR) is 91.8 cm³/mol. The van der Waals surface area contributed by atoms with Gasteiger partial charge in [0, 0.05) is 18.8 Å². The molecule has 1 saturated heterocycles. The molecule has 1 aromatic heterocycles. The minimum absolute atomic E-state index is 0.276. The summed E-state index contributed by atoms with van der Waals surface area (Å²) >= 11 is 0. The standard InChI is InChI=1S/C17H20F3N5/c1-11-4-3-7-25(9-11)16-14(21)15(22-10-23-16)24-13-6-2-5-12(8-13)17(18,19)20/h2,5-6,8,10-11H,3-4,7,9,21H2,1H3,(H,22,23,24). The number of piperidine rings is 1. The van der Waals surface area contributed by atoms with Gasteiger partial charge in [-0.2, -0.15) is 13.2 Å². The summed E-state index contributed by atoms with van der Waals surface area (Å²) in [6.07, 6.45) is -0.803. The SMILES string of the molecule is CC1CCCN(c2ncnc(Nc3cccc(C(F)(F)F)c3)c2N)C1. The highest BCUT2D eigenvalue weighted by Gasteiger charge is 2.30. The van der Waals surface area contributed by atoms with Crippen LogP contribution in [0.3, 0.4) is 0 Å². The average Bonchev–Trinajstić information content (AvgIpc) is 2.56. The number of alkyl halides is 3. The lowest BCUT2D eigenvalue weighted by molar-refractivity contribution is -0.137. The van der Waals surface area contributed by atoms with Gasteiger partial charge in [-0.1, -0.05) is 13.0 Å². The van der Waals surface area contributed by atoms with Crippen molar-refractivity contribution in [3.05, 3.63) is 36.2 Å². The molecule has 1 unspecified atom stereocenters. The van der Waals surface area contributed by atoms with E-state index in [1.807, 2.05) is 0 Å². The number of hydrogen-bond acceptors (Lipinski definition) is 5. The Balaban J connectivity index is 1.85. The average molecular weight is 351 g/mol. The molecule has 25 heavy (non-hydrogen) atoms. The molecule has 3 rings (SSSR count). The van der Waals surface area contributed by atoms with E-state index in [1.165, 1.54) is 12.4 Å². The van der Waals surface area contributed by atoms with E-state index in [1.54, 1.807) is 6.07 Å². The molecule has 1 aliphatic rings. The fraction of sp³-hybridized carbons (Fsp3) is 0.412. The Labute approximate surface area is 144 Å². The maximum Gasteiger partial charge on any atom is 0.416 e. The number of nitrogens with zero attached hydrogens (tertiary/aromatic N) is 3. The van der Waals surface area contributed by atoms with E-state index in [-0.39, 0.29) is 5.69 Å². The molecule has 2 heterocycles. The lowest BCUT2D eigenvalue weighted by Gasteiger charge is -2.32. The van der Waals surface area contributed by atoms with Gasteiger partial charge in [0.05, 0.1) is 5.56 Å². The highest BCUT2D eigenvalue weighted by atomic mass is 19.4. The number of anilines is 4. The van der Waals surface area contributed by atoms with E-state index in [0.29, 0.717) is 23.2 Å². The van der Waals surface area contributed by atoms with Gasteiger partial charge in [0.2, 0.25) is 0 Å². The second kappa shape index (κ2) is 6.78. The van der Waals surface area contributed by atoms with Crippen LogP contribution in [0.5, 0.6) is 0 Å². The van der Waals surface area contributed by atoms with Crippen LogP contribution in [-0.4, -0.2) is 23.1 Å². The van der Waals surface area contributed by atoms with Crippen LogP contribution in [0.15, 0.2) is 30.6 Å². The van der Waals surface area contributed by atoms with Crippen LogP contribution in [-0.2, 0) is 6.18 Å². The van der Waals surface area contributed by atoms with E-state index in [2.05, 4.69) is 27.1 Å². The molecule has 3 N–H and O–H groups in total. The number of hydrogen-bond donors (Lipinski definition) is 2. The lowest BCUT2D eigenvalue weighted by Crippen LogP contribution is -2.35. The van der Waals surface area contributed by atoms with Crippen molar-refractivity contribution >= 4 is 23.0 Å². The first kappa shape index (κ1) is 17.3. The van der Waals surface area contributed by atoms with Crippen molar-refractivity contribution < 1.29 is 13.2 Å². The van der Waals surface area contributed by atoms with Gasteiger partial charge in [0.25, 0.3) is 0 Å². The molecule has 1 atom stereocenters. The normalized spacial score (nSPS) is 18.2. The van der Waals surface area contributed by atoms with Crippen molar-refractivity contribution in [3.63, 3.8) is 0 Å². The van der Waals surface area contributed by atoms with Crippen molar-refractivity contribution in [3.8, 4) is 0 Å². The summed E-state index contributed by atoms with van der Waals surface area (Å²) in [5.41, 5.74) is 6.07. The fourth-order valence-corrected chi connectivity index (χ4v) is 3.03. The van der Waals surface area contributed by atoms with Gasteiger partial charge < -0.3 is 16.0 Å². The smallest absolute Gasteiger partial charge is 0.393 e. The molecular formula is C17H20F3N5. The number of aromatic nitrogens is 2. The summed E-state index contributed by atoms with van der Waals surface area (Å²) in [6, 6.07) is 4.94. The number of nitrogens with two attached hydrogens (primary N) is 1. The third-order valence-electron chi connectivity index (χ3n) is 4.27. The van der Waals surface area contributed by atoms with Crippen LogP contribution in [0, 0.1) is 5.92 Å². The Morgan fingerprint density at radius 2 is 2.08 bits per heavy atom. The quantitative estimate of drug-likeness (QED) is 0.873. The molecule has 1 aliphatic heterocycles. The van der Waals surface area contributed by atoms with Gasteiger partial charge >= 0.3 is 6.18 Å². The van der Waals surface area contributed by atoms with Crippen LogP contribution in [0.1, 0.15) is 25.3 Å². The maximum absolute atomic E-state index is 12.8. The van der Waals surface area contributed by atoms with Gasteiger partial charge in [0.15, 0.2) is 11.6 Å². The first-order valence-corrected chi connectivity index (χ1v) is 8.14. The van der Waals surface area contributed by atoms with Gasteiger partial charge in [-0.25, -0.2) is 9.97 Å². The van der Waals surface area contributed by atoms with Gasteiger partial charge in [-0.15, -0.1) is 0 Å². The zero-order chi connectivity index (χ0) is 18.0. The molecule has 0 aliphatic carbocycles. The largest absolute Gasteiger partial charge is 0.416 e. The van der Waals surface area contributed by atoms with Crippen LogP contribution >= 0.6 is 0 Å². The minimum Gasteiger partial charge on any atom is -0.393 e. The Morgan fingerprint density at radius 1 is 1.28 bits per heavy atom. The summed E-state index contributed by atoms with van der Waals surface area (Å²) in [7, 11) is 0. The minimum atomic E-state index is -4.40. The summed E-state index contributed by atoms with van der Waals surface area (Å²) in [6.45, 7) is 3.88. The van der Waals surface area contributed by atoms with Gasteiger partial charge in [-0.05, 0) is 37.0 Å². The Hall–Kier alpha value is -2.51. The molecule has 0 radical (unpaired) electrons. The first-order chi connectivity index (χ1) is 11.8. The third-order valence-corrected chi connectivity index (χ3v) is 4.27. The number of halogens is 3. The number of nitrogens with one attached hydrogen (secondary N) is 1.